The lowest BCUT2D eigenvalue weighted by Gasteiger charge is -2.22. The molecule has 0 aliphatic rings. The molecule has 1 unspecified atom stereocenters. The largest absolute Gasteiger partial charge is 0.306 e. The summed E-state index contributed by atoms with van der Waals surface area (Å²) in [5.74, 6) is -1.06. The van der Waals surface area contributed by atoms with E-state index in [0.717, 1.165) is 20.0 Å². The van der Waals surface area contributed by atoms with Crippen LogP contribution in [0.1, 0.15) is 30.5 Å². The van der Waals surface area contributed by atoms with Gasteiger partial charge in [0.2, 0.25) is 0 Å². The summed E-state index contributed by atoms with van der Waals surface area (Å²) in [5.41, 5.74) is 0.935. The zero-order valence-corrected chi connectivity index (χ0v) is 15.2. The van der Waals surface area contributed by atoms with E-state index < -0.39 is 17.7 Å². The van der Waals surface area contributed by atoms with Crippen molar-refractivity contribution in [2.75, 3.05) is 6.54 Å². The van der Waals surface area contributed by atoms with Gasteiger partial charge in [0.15, 0.2) is 0 Å². The Balaban J connectivity index is 2.55. The van der Waals surface area contributed by atoms with Gasteiger partial charge in [-0.15, -0.1) is 0 Å². The Morgan fingerprint density at radius 1 is 1.19 bits per heavy atom. The van der Waals surface area contributed by atoms with Crippen LogP contribution in [0.3, 0.4) is 0 Å². The third kappa shape index (κ3) is 4.02. The predicted molar refractivity (Wildman–Crippen MR) is 93.4 cm³/mol. The van der Waals surface area contributed by atoms with Crippen molar-refractivity contribution in [2.45, 2.75) is 19.4 Å². The Morgan fingerprint density at radius 2 is 1.86 bits per heavy atom. The predicted octanol–water partition coefficient (Wildman–Crippen LogP) is 5.42. The van der Waals surface area contributed by atoms with Gasteiger partial charge in [-0.05, 0) is 71.5 Å². The van der Waals surface area contributed by atoms with E-state index in [2.05, 4.69) is 43.8 Å². The van der Waals surface area contributed by atoms with Crippen LogP contribution >= 0.6 is 38.5 Å². The van der Waals surface area contributed by atoms with Gasteiger partial charge in [0, 0.05) is 13.6 Å². The minimum absolute atomic E-state index is 0.0713. The molecule has 112 valence electrons. The van der Waals surface area contributed by atoms with Crippen LogP contribution in [0.5, 0.6) is 0 Å². The molecule has 21 heavy (non-hydrogen) atoms. The average Bonchev–Trinajstić information content (AvgIpc) is 2.45. The molecule has 1 nitrogen and oxygen atoms in total. The molecule has 0 radical (unpaired) electrons. The number of hydrogen-bond acceptors (Lipinski definition) is 1. The van der Waals surface area contributed by atoms with Crippen molar-refractivity contribution in [2.24, 2.45) is 0 Å². The Labute approximate surface area is 145 Å². The van der Waals surface area contributed by atoms with E-state index >= 15 is 0 Å². The summed E-state index contributed by atoms with van der Waals surface area (Å²) in [7, 11) is 0. The quantitative estimate of drug-likeness (QED) is 0.581. The van der Waals surface area contributed by atoms with E-state index in [4.69, 9.17) is 0 Å². The molecule has 0 aliphatic carbocycles. The van der Waals surface area contributed by atoms with Gasteiger partial charge >= 0.3 is 0 Å². The van der Waals surface area contributed by atoms with Crippen LogP contribution in [0, 0.1) is 15.2 Å². The molecule has 1 N–H and O–H groups in total. The molecule has 0 aliphatic heterocycles. The number of nitrogens with one attached hydrogen (secondary N) is 1. The molecule has 0 spiro atoms. The van der Waals surface area contributed by atoms with Gasteiger partial charge in [-0.2, -0.15) is 0 Å². The van der Waals surface area contributed by atoms with Crippen molar-refractivity contribution in [1.29, 1.82) is 0 Å². The maximum absolute atomic E-state index is 14.2. The van der Waals surface area contributed by atoms with Crippen LogP contribution in [0.15, 0.2) is 40.9 Å². The minimum atomic E-state index is -0.528. The van der Waals surface area contributed by atoms with Crippen LogP contribution in [-0.2, 0) is 0 Å². The molecule has 0 fully saturated rings. The third-order valence-electron chi connectivity index (χ3n) is 3.16. The first-order chi connectivity index (χ1) is 10.0. The van der Waals surface area contributed by atoms with Crippen molar-refractivity contribution in [3.8, 4) is 0 Å². The zero-order valence-electron chi connectivity index (χ0n) is 11.5. The highest BCUT2D eigenvalue weighted by molar-refractivity contribution is 14.1. The van der Waals surface area contributed by atoms with Crippen LogP contribution in [0.2, 0.25) is 0 Å². The summed E-state index contributed by atoms with van der Waals surface area (Å²) >= 11 is 5.61. The molecule has 0 saturated carbocycles. The van der Waals surface area contributed by atoms with Gasteiger partial charge < -0.3 is 5.32 Å². The molecule has 1 atom stereocenters. The second-order valence-corrected chi connectivity index (χ2v) is 6.77. The van der Waals surface area contributed by atoms with Gasteiger partial charge in [0.25, 0.3) is 0 Å². The molecular formula is C16H15BrF2IN. The van der Waals surface area contributed by atoms with Crippen LogP contribution in [0.25, 0.3) is 0 Å². The summed E-state index contributed by atoms with van der Waals surface area (Å²) in [6, 6.07) is 9.22. The molecule has 0 aromatic heterocycles. The Hall–Kier alpha value is -0.530. The molecule has 5 heteroatoms. The Morgan fingerprint density at radius 3 is 2.48 bits per heavy atom. The van der Waals surface area contributed by atoms with Gasteiger partial charge in [0.05, 0.1) is 6.04 Å². The molecule has 0 bridgehead atoms. The smallest absolute Gasteiger partial charge is 0.131 e. The minimum Gasteiger partial charge on any atom is -0.306 e. The molecule has 2 aromatic rings. The highest BCUT2D eigenvalue weighted by atomic mass is 127. The summed E-state index contributed by atoms with van der Waals surface area (Å²) < 4.78 is 30.2. The monoisotopic (exact) mass is 465 g/mol. The summed E-state index contributed by atoms with van der Waals surface area (Å²) in [6.07, 6.45) is 0.886. The number of halogens is 4. The van der Waals surface area contributed by atoms with E-state index in [-0.39, 0.29) is 5.56 Å². The normalized spacial score (nSPS) is 12.4. The van der Waals surface area contributed by atoms with E-state index in [9.17, 15) is 8.78 Å². The fraction of sp³-hybridized carbons (Fsp3) is 0.250. The lowest BCUT2D eigenvalue weighted by molar-refractivity contribution is 0.502. The first kappa shape index (κ1) is 16.8. The highest BCUT2D eigenvalue weighted by Gasteiger charge is 2.23. The standard InChI is InChI=1S/C16H15BrF2IN/c1-2-8-21-16(11-9-10(17)6-7-14(11)20)15-12(18)4-3-5-13(15)19/h3-7,9,16,21H,2,8H2,1H3. The molecule has 2 rings (SSSR count). The lowest BCUT2D eigenvalue weighted by Crippen LogP contribution is -2.26. The average molecular weight is 466 g/mol. The zero-order chi connectivity index (χ0) is 15.4. The van der Waals surface area contributed by atoms with Gasteiger partial charge in [0.1, 0.15) is 11.6 Å². The van der Waals surface area contributed by atoms with E-state index in [1.165, 1.54) is 18.2 Å². The van der Waals surface area contributed by atoms with E-state index in [0.29, 0.717) is 6.54 Å². The van der Waals surface area contributed by atoms with Crippen molar-refractivity contribution >= 4 is 38.5 Å². The first-order valence-electron chi connectivity index (χ1n) is 6.66. The SMILES string of the molecule is CCCNC(c1cc(Br)ccc1I)c1c(F)cccc1F. The highest BCUT2D eigenvalue weighted by Crippen LogP contribution is 2.31. The summed E-state index contributed by atoms with van der Waals surface area (Å²) in [6.45, 7) is 2.70. The second-order valence-electron chi connectivity index (χ2n) is 4.69. The fourth-order valence-electron chi connectivity index (χ4n) is 2.18. The van der Waals surface area contributed by atoms with Crippen molar-refractivity contribution in [3.05, 3.63) is 67.2 Å². The lowest BCUT2D eigenvalue weighted by atomic mass is 9.97. The van der Waals surface area contributed by atoms with Crippen molar-refractivity contribution < 1.29 is 8.78 Å². The fourth-order valence-corrected chi connectivity index (χ4v) is 3.20. The summed E-state index contributed by atoms with van der Waals surface area (Å²) in [5, 5.41) is 3.25. The Kier molecular flexibility index (Phi) is 6.13. The van der Waals surface area contributed by atoms with E-state index in [1.54, 1.807) is 0 Å². The molecule has 0 amide bonds. The first-order valence-corrected chi connectivity index (χ1v) is 8.54. The molecule has 0 heterocycles. The molecule has 2 aromatic carbocycles. The van der Waals surface area contributed by atoms with Crippen molar-refractivity contribution in [1.82, 2.24) is 5.32 Å². The second kappa shape index (κ2) is 7.65. The van der Waals surface area contributed by atoms with Gasteiger partial charge in [-0.1, -0.05) is 28.9 Å². The van der Waals surface area contributed by atoms with Crippen molar-refractivity contribution in [3.63, 3.8) is 0 Å². The molecule has 0 saturated heterocycles. The topological polar surface area (TPSA) is 12.0 Å². The summed E-state index contributed by atoms with van der Waals surface area (Å²) in [4.78, 5) is 0. The number of hydrogen-bond donors (Lipinski definition) is 1. The number of rotatable bonds is 5. The third-order valence-corrected chi connectivity index (χ3v) is 4.63. The van der Waals surface area contributed by atoms with E-state index in [1.807, 2.05) is 25.1 Å². The van der Waals surface area contributed by atoms with Crippen LogP contribution in [0.4, 0.5) is 8.78 Å². The maximum Gasteiger partial charge on any atom is 0.131 e. The Bertz CT molecular complexity index is 613. The number of benzene rings is 2. The van der Waals surface area contributed by atoms with Gasteiger partial charge in [-0.3, -0.25) is 0 Å². The van der Waals surface area contributed by atoms with Gasteiger partial charge in [-0.25, -0.2) is 8.78 Å². The molecular weight excluding hydrogens is 451 g/mol. The van der Waals surface area contributed by atoms with Crippen LogP contribution in [-0.4, -0.2) is 6.54 Å². The van der Waals surface area contributed by atoms with Crippen LogP contribution < -0.4 is 5.32 Å². The maximum atomic E-state index is 14.2.